The van der Waals surface area contributed by atoms with E-state index in [1.807, 2.05) is 0 Å². The molecule has 2 heteroatoms. The molecule has 194 valence electrons. The molecular weight excluding hydrogens is 462 g/mol. The predicted molar refractivity (Wildman–Crippen MR) is 161 cm³/mol. The molecule has 0 atom stereocenters. The van der Waals surface area contributed by atoms with Crippen LogP contribution in [0.3, 0.4) is 0 Å². The first-order valence-electron chi connectivity index (χ1n) is 14.2. The number of benzene rings is 4. The van der Waals surface area contributed by atoms with E-state index in [1.165, 1.54) is 65.8 Å². The van der Waals surface area contributed by atoms with Gasteiger partial charge in [-0.15, -0.1) is 0 Å². The number of hydrogen-bond donors (Lipinski definition) is 0. The van der Waals surface area contributed by atoms with Gasteiger partial charge in [-0.05, 0) is 81.8 Å². The van der Waals surface area contributed by atoms with Gasteiger partial charge in [-0.3, -0.25) is 0 Å². The zero-order chi connectivity index (χ0) is 26.9. The molecule has 0 saturated heterocycles. The summed E-state index contributed by atoms with van der Waals surface area (Å²) in [6.07, 6.45) is 5.29. The van der Waals surface area contributed by atoms with Gasteiger partial charge >= 0.3 is 0 Å². The topological polar surface area (TPSA) is 13.1 Å². The smallest absolute Gasteiger partial charge is 0.228 e. The SMILES string of the molecule is CCc1ccc2c(CC(C)(C)C)c3c(c(C)c2c1)-c1c2c(cc4c(CC(C)C)cccc4c2cc[n+]1C)O3. The molecule has 0 unspecified atom stereocenters. The van der Waals surface area contributed by atoms with E-state index in [4.69, 9.17) is 4.74 Å². The number of fused-ring (bicyclic) bond motifs is 5. The number of ether oxygens (including phenoxy) is 1. The van der Waals surface area contributed by atoms with Gasteiger partial charge in [0.15, 0.2) is 6.20 Å². The highest BCUT2D eigenvalue weighted by Crippen LogP contribution is 2.53. The minimum atomic E-state index is 0.130. The lowest BCUT2D eigenvalue weighted by Crippen LogP contribution is -2.32. The molecule has 5 aromatic rings. The first-order valence-corrected chi connectivity index (χ1v) is 14.2. The quantitative estimate of drug-likeness (QED) is 0.173. The van der Waals surface area contributed by atoms with Crippen molar-refractivity contribution in [3.05, 3.63) is 77.0 Å². The normalized spacial score (nSPS) is 13.0. The minimum absolute atomic E-state index is 0.130. The predicted octanol–water partition coefficient (Wildman–Crippen LogP) is 9.40. The third-order valence-electron chi connectivity index (χ3n) is 8.21. The molecule has 0 fully saturated rings. The van der Waals surface area contributed by atoms with E-state index in [2.05, 4.69) is 115 Å². The second-order valence-electron chi connectivity index (χ2n) is 12.9. The summed E-state index contributed by atoms with van der Waals surface area (Å²) in [4.78, 5) is 0. The van der Waals surface area contributed by atoms with E-state index in [9.17, 15) is 0 Å². The molecule has 1 aromatic heterocycles. The highest BCUT2D eigenvalue weighted by molar-refractivity contribution is 6.16. The van der Waals surface area contributed by atoms with Crippen molar-refractivity contribution in [3.8, 4) is 22.8 Å². The summed E-state index contributed by atoms with van der Waals surface area (Å²) in [6.45, 7) is 16.1. The zero-order valence-electron chi connectivity index (χ0n) is 24.3. The second kappa shape index (κ2) is 8.83. The Bertz CT molecular complexity index is 1750. The van der Waals surface area contributed by atoms with Crippen LogP contribution in [-0.2, 0) is 26.3 Å². The van der Waals surface area contributed by atoms with Gasteiger partial charge in [0, 0.05) is 17.0 Å². The Morgan fingerprint density at radius 1 is 0.895 bits per heavy atom. The number of nitrogens with zero attached hydrogens (tertiary/aromatic N) is 1. The van der Waals surface area contributed by atoms with E-state index < -0.39 is 0 Å². The van der Waals surface area contributed by atoms with Gasteiger partial charge in [-0.1, -0.05) is 77.9 Å². The largest absolute Gasteiger partial charge is 0.455 e. The molecule has 0 saturated carbocycles. The van der Waals surface area contributed by atoms with Crippen molar-refractivity contribution in [1.82, 2.24) is 0 Å². The molecule has 1 aliphatic heterocycles. The number of rotatable bonds is 4. The molecule has 38 heavy (non-hydrogen) atoms. The fourth-order valence-corrected chi connectivity index (χ4v) is 6.52. The zero-order valence-corrected chi connectivity index (χ0v) is 24.3. The monoisotopic (exact) mass is 502 g/mol. The highest BCUT2D eigenvalue weighted by atomic mass is 16.5. The van der Waals surface area contributed by atoms with Crippen LogP contribution in [0.2, 0.25) is 0 Å². The Morgan fingerprint density at radius 3 is 2.39 bits per heavy atom. The van der Waals surface area contributed by atoms with Crippen LogP contribution in [0.15, 0.2) is 54.7 Å². The van der Waals surface area contributed by atoms with Crippen molar-refractivity contribution < 1.29 is 9.30 Å². The lowest BCUT2D eigenvalue weighted by atomic mass is 9.81. The summed E-state index contributed by atoms with van der Waals surface area (Å²) < 4.78 is 9.39. The Morgan fingerprint density at radius 2 is 1.68 bits per heavy atom. The Hall–Kier alpha value is -3.39. The van der Waals surface area contributed by atoms with Crippen LogP contribution in [0.4, 0.5) is 0 Å². The fraction of sp³-hybridized carbons (Fsp3) is 0.361. The van der Waals surface area contributed by atoms with E-state index in [0.717, 1.165) is 30.8 Å². The number of pyridine rings is 1. The molecule has 2 nitrogen and oxygen atoms in total. The fourth-order valence-electron chi connectivity index (χ4n) is 6.52. The lowest BCUT2D eigenvalue weighted by molar-refractivity contribution is -0.659. The summed E-state index contributed by atoms with van der Waals surface area (Å²) in [5, 5.41) is 7.82. The molecule has 0 radical (unpaired) electrons. The third-order valence-corrected chi connectivity index (χ3v) is 8.21. The maximum absolute atomic E-state index is 7.08. The van der Waals surface area contributed by atoms with Crippen molar-refractivity contribution in [2.45, 2.75) is 67.7 Å². The van der Waals surface area contributed by atoms with Crippen molar-refractivity contribution >= 4 is 32.3 Å². The van der Waals surface area contributed by atoms with Crippen molar-refractivity contribution in [1.29, 1.82) is 0 Å². The number of aryl methyl sites for hydroxylation is 3. The van der Waals surface area contributed by atoms with E-state index >= 15 is 0 Å². The van der Waals surface area contributed by atoms with E-state index in [-0.39, 0.29) is 5.41 Å². The van der Waals surface area contributed by atoms with Crippen LogP contribution in [0, 0.1) is 18.3 Å². The van der Waals surface area contributed by atoms with Gasteiger partial charge in [0.05, 0.1) is 10.9 Å². The third kappa shape index (κ3) is 3.88. The first-order chi connectivity index (χ1) is 18.1. The molecule has 6 rings (SSSR count). The van der Waals surface area contributed by atoms with Crippen molar-refractivity contribution in [2.75, 3.05) is 0 Å². The molecule has 0 N–H and O–H groups in total. The van der Waals surface area contributed by atoms with Crippen LogP contribution in [0.25, 0.3) is 43.6 Å². The number of aromatic nitrogens is 1. The molecule has 0 spiro atoms. The maximum atomic E-state index is 7.08. The van der Waals surface area contributed by atoms with Crippen LogP contribution in [0.1, 0.15) is 63.8 Å². The van der Waals surface area contributed by atoms with Crippen molar-refractivity contribution in [3.63, 3.8) is 0 Å². The molecule has 0 bridgehead atoms. The van der Waals surface area contributed by atoms with Gasteiger partial charge in [0.2, 0.25) is 5.69 Å². The van der Waals surface area contributed by atoms with Gasteiger partial charge in [0.1, 0.15) is 18.5 Å². The van der Waals surface area contributed by atoms with E-state index in [1.54, 1.807) is 0 Å². The summed E-state index contributed by atoms with van der Waals surface area (Å²) in [5.74, 6) is 2.63. The van der Waals surface area contributed by atoms with Gasteiger partial charge in [0.25, 0.3) is 0 Å². The van der Waals surface area contributed by atoms with E-state index in [0.29, 0.717) is 5.92 Å². The van der Waals surface area contributed by atoms with Crippen LogP contribution >= 0.6 is 0 Å². The van der Waals surface area contributed by atoms with Gasteiger partial charge in [-0.25, -0.2) is 4.57 Å². The first kappa shape index (κ1) is 24.9. The van der Waals surface area contributed by atoms with Crippen LogP contribution in [0.5, 0.6) is 11.5 Å². The maximum Gasteiger partial charge on any atom is 0.228 e. The van der Waals surface area contributed by atoms with Gasteiger partial charge in [-0.2, -0.15) is 0 Å². The van der Waals surface area contributed by atoms with Crippen LogP contribution in [-0.4, -0.2) is 0 Å². The molecular formula is C36H40NO+. The summed E-state index contributed by atoms with van der Waals surface area (Å²) in [7, 11) is 2.18. The standard InChI is InChI=1S/C36H40NO/c1-9-23-13-14-26-28(18-23)22(4)32-34-33-27(15-16-37(34)8)25-12-10-11-24(17-21(2)3)29(25)19-31(33)38-35(32)30(26)20-36(5,6)7/h10-16,18-19,21H,9,17,20H2,1-8H3/q+1. The molecule has 1 aliphatic rings. The Balaban J connectivity index is 1.77. The molecule has 0 aliphatic carbocycles. The Labute approximate surface area is 227 Å². The average molecular weight is 503 g/mol. The molecule has 0 amide bonds. The number of hydrogen-bond acceptors (Lipinski definition) is 1. The van der Waals surface area contributed by atoms with Gasteiger partial charge < -0.3 is 4.74 Å². The molecule has 2 heterocycles. The molecule has 4 aromatic carbocycles. The second-order valence-corrected chi connectivity index (χ2v) is 12.9. The summed E-state index contributed by atoms with van der Waals surface area (Å²) >= 11 is 0. The average Bonchev–Trinajstić information content (AvgIpc) is 2.86. The Kier molecular flexibility index (Phi) is 5.79. The summed E-state index contributed by atoms with van der Waals surface area (Å²) in [5.41, 5.74) is 8.07. The van der Waals surface area contributed by atoms with Crippen molar-refractivity contribution in [2.24, 2.45) is 18.4 Å². The lowest BCUT2D eigenvalue weighted by Gasteiger charge is -2.28. The van der Waals surface area contributed by atoms with Crippen LogP contribution < -0.4 is 9.30 Å². The summed E-state index contributed by atoms with van der Waals surface area (Å²) in [6, 6.07) is 18.4. The highest BCUT2D eigenvalue weighted by Gasteiger charge is 2.34. The minimum Gasteiger partial charge on any atom is -0.455 e.